The molecule has 27 heavy (non-hydrogen) atoms. The lowest BCUT2D eigenvalue weighted by molar-refractivity contribution is -0.118. The maximum atomic E-state index is 13.7. The van der Waals surface area contributed by atoms with Gasteiger partial charge < -0.3 is 10.1 Å². The highest BCUT2D eigenvalue weighted by Crippen LogP contribution is 2.20. The van der Waals surface area contributed by atoms with E-state index < -0.39 is 27.3 Å². The third kappa shape index (κ3) is 6.60. The summed E-state index contributed by atoms with van der Waals surface area (Å²) in [5.41, 5.74) is -0.560. The summed E-state index contributed by atoms with van der Waals surface area (Å²) in [6.07, 6.45) is 0. The average molecular weight is 459 g/mol. The number of carbonyl (C=O) groups is 1. The standard InChI is InChI=1S/C18H20BrFN2O4S/c1-18(2,3)22-27(24,25)14-7-5-13(6-8-14)26-11-17(23)21-16-9-4-12(19)10-15(16)20/h4-10,22H,11H2,1-3H3,(H,21,23). The first-order valence-corrected chi connectivity index (χ1v) is 10.3. The summed E-state index contributed by atoms with van der Waals surface area (Å²) in [4.78, 5) is 12.0. The fourth-order valence-corrected chi connectivity index (χ4v) is 3.85. The second kappa shape index (κ2) is 8.37. The number of anilines is 1. The minimum Gasteiger partial charge on any atom is -0.484 e. The highest BCUT2D eigenvalue weighted by molar-refractivity contribution is 9.10. The first kappa shape index (κ1) is 21.3. The summed E-state index contributed by atoms with van der Waals surface area (Å²) in [5, 5.41) is 2.40. The molecule has 2 aromatic rings. The van der Waals surface area contributed by atoms with Gasteiger partial charge in [0, 0.05) is 10.0 Å². The molecule has 9 heteroatoms. The van der Waals surface area contributed by atoms with Crippen LogP contribution in [0.4, 0.5) is 10.1 Å². The van der Waals surface area contributed by atoms with Gasteiger partial charge in [0.1, 0.15) is 11.6 Å². The predicted octanol–water partition coefficient (Wildman–Crippen LogP) is 3.68. The summed E-state index contributed by atoms with van der Waals surface area (Å²) < 4.78 is 46.6. The molecule has 0 atom stereocenters. The van der Waals surface area contributed by atoms with E-state index in [9.17, 15) is 17.6 Å². The van der Waals surface area contributed by atoms with Crippen LogP contribution < -0.4 is 14.8 Å². The van der Waals surface area contributed by atoms with Crippen LogP contribution in [0.25, 0.3) is 0 Å². The van der Waals surface area contributed by atoms with Gasteiger partial charge in [-0.1, -0.05) is 15.9 Å². The Bertz CT molecular complexity index is 925. The van der Waals surface area contributed by atoms with Crippen molar-refractivity contribution in [1.82, 2.24) is 4.72 Å². The lowest BCUT2D eigenvalue weighted by Gasteiger charge is -2.20. The fraction of sp³-hybridized carbons (Fsp3) is 0.278. The minimum atomic E-state index is -3.65. The molecule has 0 aliphatic carbocycles. The van der Waals surface area contributed by atoms with Gasteiger partial charge in [-0.2, -0.15) is 0 Å². The van der Waals surface area contributed by atoms with Crippen LogP contribution in [0.5, 0.6) is 5.75 Å². The maximum Gasteiger partial charge on any atom is 0.262 e. The van der Waals surface area contributed by atoms with Crippen LogP contribution in [0, 0.1) is 5.82 Å². The summed E-state index contributed by atoms with van der Waals surface area (Å²) in [6, 6.07) is 9.94. The van der Waals surface area contributed by atoms with E-state index >= 15 is 0 Å². The summed E-state index contributed by atoms with van der Waals surface area (Å²) in [6.45, 7) is 4.89. The third-order valence-electron chi connectivity index (χ3n) is 3.15. The van der Waals surface area contributed by atoms with Crippen molar-refractivity contribution in [3.63, 3.8) is 0 Å². The number of rotatable bonds is 6. The summed E-state index contributed by atoms with van der Waals surface area (Å²) in [5.74, 6) is -0.794. The van der Waals surface area contributed by atoms with Crippen LogP contribution >= 0.6 is 15.9 Å². The van der Waals surface area contributed by atoms with Crippen molar-refractivity contribution in [3.8, 4) is 5.75 Å². The van der Waals surface area contributed by atoms with Gasteiger partial charge in [-0.3, -0.25) is 4.79 Å². The van der Waals surface area contributed by atoms with E-state index in [0.717, 1.165) is 0 Å². The van der Waals surface area contributed by atoms with E-state index in [1.54, 1.807) is 26.8 Å². The molecule has 0 unspecified atom stereocenters. The van der Waals surface area contributed by atoms with Crippen molar-refractivity contribution >= 4 is 37.5 Å². The number of carbonyl (C=O) groups excluding carboxylic acids is 1. The number of benzene rings is 2. The zero-order chi connectivity index (χ0) is 20.2. The lowest BCUT2D eigenvalue weighted by Crippen LogP contribution is -2.40. The Balaban J connectivity index is 1.96. The largest absolute Gasteiger partial charge is 0.484 e. The molecule has 0 aliphatic heterocycles. The minimum absolute atomic E-state index is 0.0431. The molecule has 0 spiro atoms. The second-order valence-corrected chi connectivity index (χ2v) is 9.39. The molecule has 2 N–H and O–H groups in total. The SMILES string of the molecule is CC(C)(C)NS(=O)(=O)c1ccc(OCC(=O)Nc2ccc(Br)cc2F)cc1. The average Bonchev–Trinajstić information content (AvgIpc) is 2.54. The van der Waals surface area contributed by atoms with Crippen LogP contribution in [0.15, 0.2) is 51.8 Å². The first-order valence-electron chi connectivity index (χ1n) is 7.98. The number of nitrogens with one attached hydrogen (secondary N) is 2. The van der Waals surface area contributed by atoms with Crippen molar-refractivity contribution < 1.29 is 22.3 Å². The molecule has 0 bridgehead atoms. The Morgan fingerprint density at radius 2 is 1.78 bits per heavy atom. The van der Waals surface area contributed by atoms with Crippen molar-refractivity contribution in [1.29, 1.82) is 0 Å². The van der Waals surface area contributed by atoms with Gasteiger partial charge in [0.2, 0.25) is 10.0 Å². The second-order valence-electron chi connectivity index (χ2n) is 6.79. The normalized spacial score (nSPS) is 11.9. The molecule has 2 aromatic carbocycles. The van der Waals surface area contributed by atoms with E-state index in [2.05, 4.69) is 26.0 Å². The van der Waals surface area contributed by atoms with Crippen LogP contribution in [-0.4, -0.2) is 26.5 Å². The zero-order valence-corrected chi connectivity index (χ0v) is 17.4. The van der Waals surface area contributed by atoms with E-state index in [0.29, 0.717) is 10.2 Å². The fourth-order valence-electron chi connectivity index (χ4n) is 2.10. The Morgan fingerprint density at radius 1 is 1.15 bits per heavy atom. The molecule has 6 nitrogen and oxygen atoms in total. The summed E-state index contributed by atoms with van der Waals surface area (Å²) >= 11 is 3.13. The first-order chi connectivity index (χ1) is 12.5. The molecule has 0 saturated heterocycles. The number of hydrogen-bond acceptors (Lipinski definition) is 4. The van der Waals surface area contributed by atoms with Crippen molar-refractivity contribution in [3.05, 3.63) is 52.8 Å². The molecular weight excluding hydrogens is 439 g/mol. The molecular formula is C18H20BrFN2O4S. The lowest BCUT2D eigenvalue weighted by atomic mass is 10.1. The van der Waals surface area contributed by atoms with Gasteiger partial charge in [0.15, 0.2) is 6.61 Å². The molecule has 1 amide bonds. The van der Waals surface area contributed by atoms with Crippen LogP contribution in [0.3, 0.4) is 0 Å². The molecule has 0 fully saturated rings. The molecule has 2 rings (SSSR count). The summed E-state index contributed by atoms with van der Waals surface area (Å²) in [7, 11) is -3.65. The smallest absolute Gasteiger partial charge is 0.262 e. The molecule has 0 saturated carbocycles. The highest BCUT2D eigenvalue weighted by Gasteiger charge is 2.21. The van der Waals surface area contributed by atoms with Gasteiger partial charge in [0.05, 0.1) is 10.6 Å². The van der Waals surface area contributed by atoms with E-state index in [1.807, 2.05) is 0 Å². The van der Waals surface area contributed by atoms with Crippen molar-refractivity contribution in [2.45, 2.75) is 31.2 Å². The Hall–Kier alpha value is -1.97. The third-order valence-corrected chi connectivity index (χ3v) is 5.42. The maximum absolute atomic E-state index is 13.7. The Morgan fingerprint density at radius 3 is 2.33 bits per heavy atom. The molecule has 0 aromatic heterocycles. The van der Waals surface area contributed by atoms with E-state index in [1.165, 1.54) is 36.4 Å². The van der Waals surface area contributed by atoms with E-state index in [-0.39, 0.29) is 17.2 Å². The van der Waals surface area contributed by atoms with Gasteiger partial charge in [-0.25, -0.2) is 17.5 Å². The van der Waals surface area contributed by atoms with Crippen molar-refractivity contribution in [2.75, 3.05) is 11.9 Å². The number of hydrogen-bond donors (Lipinski definition) is 2. The molecule has 146 valence electrons. The van der Waals surface area contributed by atoms with Crippen LogP contribution in [0.1, 0.15) is 20.8 Å². The monoisotopic (exact) mass is 458 g/mol. The number of ether oxygens (including phenoxy) is 1. The highest BCUT2D eigenvalue weighted by atomic mass is 79.9. The van der Waals surface area contributed by atoms with Crippen LogP contribution in [-0.2, 0) is 14.8 Å². The molecule has 0 aliphatic rings. The number of sulfonamides is 1. The van der Waals surface area contributed by atoms with Gasteiger partial charge >= 0.3 is 0 Å². The van der Waals surface area contributed by atoms with Gasteiger partial charge in [-0.05, 0) is 63.2 Å². The molecule has 0 heterocycles. The van der Waals surface area contributed by atoms with Gasteiger partial charge in [-0.15, -0.1) is 0 Å². The zero-order valence-electron chi connectivity index (χ0n) is 15.0. The number of amides is 1. The Kier molecular flexibility index (Phi) is 6.61. The predicted molar refractivity (Wildman–Crippen MR) is 105 cm³/mol. The van der Waals surface area contributed by atoms with E-state index in [4.69, 9.17) is 4.74 Å². The molecule has 0 radical (unpaired) electrons. The van der Waals surface area contributed by atoms with Gasteiger partial charge in [0.25, 0.3) is 5.91 Å². The van der Waals surface area contributed by atoms with Crippen molar-refractivity contribution in [2.24, 2.45) is 0 Å². The Labute approximate surface area is 166 Å². The quantitative estimate of drug-likeness (QED) is 0.691. The topological polar surface area (TPSA) is 84.5 Å². The number of halogens is 2. The van der Waals surface area contributed by atoms with Crippen LogP contribution in [0.2, 0.25) is 0 Å².